The molecule has 0 heterocycles. The van der Waals surface area contributed by atoms with Crippen molar-refractivity contribution < 1.29 is 24.4 Å². The fraction of sp³-hybridized carbons (Fsp3) is 0.917. The van der Waals surface area contributed by atoms with Crippen LogP contribution in [0.3, 0.4) is 0 Å². The summed E-state index contributed by atoms with van der Waals surface area (Å²) < 4.78 is 14.1. The third kappa shape index (κ3) is 2.39. The van der Waals surface area contributed by atoms with Crippen LogP contribution >= 0.6 is 0 Å². The van der Waals surface area contributed by atoms with Gasteiger partial charge < -0.3 is 21.0 Å². The van der Waals surface area contributed by atoms with Crippen molar-refractivity contribution in [3.63, 3.8) is 0 Å². The molecule has 7 heteroatoms. The number of aliphatic carboxylic acids is 1. The maximum absolute atomic E-state index is 14.1. The van der Waals surface area contributed by atoms with Crippen molar-refractivity contribution in [1.29, 1.82) is 0 Å². The van der Waals surface area contributed by atoms with Crippen LogP contribution in [-0.4, -0.2) is 46.5 Å². The molecule has 6 atom stereocenters. The van der Waals surface area contributed by atoms with E-state index in [1.54, 1.807) is 0 Å². The lowest BCUT2D eigenvalue weighted by Crippen LogP contribution is -2.53. The van der Waals surface area contributed by atoms with Crippen LogP contribution in [0.5, 0.6) is 0 Å². The molecule has 107 valence electrons. The lowest BCUT2D eigenvalue weighted by atomic mass is 9.77. The van der Waals surface area contributed by atoms with Crippen molar-refractivity contribution >= 4 is 13.5 Å². The van der Waals surface area contributed by atoms with Crippen LogP contribution in [0.25, 0.3) is 0 Å². The van der Waals surface area contributed by atoms with Crippen LogP contribution in [0.1, 0.15) is 25.7 Å². The van der Waals surface area contributed by atoms with Gasteiger partial charge in [-0.15, -0.1) is 0 Å². The van der Waals surface area contributed by atoms with E-state index in [0.717, 1.165) is 7.48 Å². The highest BCUT2D eigenvalue weighted by Crippen LogP contribution is 2.54. The maximum atomic E-state index is 14.1. The fourth-order valence-electron chi connectivity index (χ4n) is 3.94. The molecule has 2 aliphatic rings. The lowest BCUT2D eigenvalue weighted by Gasteiger charge is -2.31. The van der Waals surface area contributed by atoms with Crippen molar-refractivity contribution in [2.75, 3.05) is 0 Å². The van der Waals surface area contributed by atoms with Crippen molar-refractivity contribution in [2.24, 2.45) is 23.5 Å². The summed E-state index contributed by atoms with van der Waals surface area (Å²) in [6.45, 7) is 0. The first-order valence-electron chi connectivity index (χ1n) is 6.72. The molecule has 2 saturated carbocycles. The Morgan fingerprint density at radius 2 is 2.21 bits per heavy atom. The van der Waals surface area contributed by atoms with E-state index in [0.29, 0.717) is 25.6 Å². The van der Waals surface area contributed by atoms with E-state index < -0.39 is 35.6 Å². The normalized spacial score (nSPS) is 45.2. The minimum atomic E-state index is -1.41. The molecule has 2 rings (SSSR count). The van der Waals surface area contributed by atoms with E-state index in [1.807, 2.05) is 0 Å². The largest absolute Gasteiger partial charge is 0.480 e. The predicted octanol–water partition coefficient (Wildman–Crippen LogP) is -0.0665. The number of carboxylic acid groups (broad SMARTS) is 1. The van der Waals surface area contributed by atoms with Crippen LogP contribution in [-0.2, 0) is 4.79 Å². The standard InChI is InChI=1S/C12H20BFNO4/c14-10-8(16)4-6-5-12(15,11(17)18)7(9(6)10)2-1-3-13-19/h6-10,16,19H,1-5,15H2,(H,17,18)/t6-,7+,8-,9-,10+,12+/m1/s1. The number of aliphatic hydroxyl groups excluding tert-OH is 1. The first kappa shape index (κ1) is 14.7. The number of hydrogen-bond acceptors (Lipinski definition) is 4. The number of rotatable bonds is 5. The van der Waals surface area contributed by atoms with E-state index in [9.17, 15) is 19.4 Å². The van der Waals surface area contributed by atoms with Gasteiger partial charge in [-0.25, -0.2) is 4.39 Å². The molecule has 2 aliphatic carbocycles. The summed E-state index contributed by atoms with van der Waals surface area (Å²) in [5.74, 6) is -2.22. The molecule has 0 bridgehead atoms. The lowest BCUT2D eigenvalue weighted by molar-refractivity contribution is -0.145. The Bertz CT molecular complexity index is 359. The van der Waals surface area contributed by atoms with Crippen molar-refractivity contribution in [2.45, 2.75) is 49.8 Å². The first-order chi connectivity index (χ1) is 8.91. The molecule has 0 amide bonds. The highest BCUT2D eigenvalue weighted by atomic mass is 19.1. The van der Waals surface area contributed by atoms with E-state index in [4.69, 9.17) is 10.8 Å². The molecule has 0 saturated heterocycles. The van der Waals surface area contributed by atoms with Crippen molar-refractivity contribution in [1.82, 2.24) is 0 Å². The minimum absolute atomic E-state index is 0.158. The van der Waals surface area contributed by atoms with Gasteiger partial charge >= 0.3 is 5.97 Å². The van der Waals surface area contributed by atoms with Gasteiger partial charge in [-0.05, 0) is 31.1 Å². The summed E-state index contributed by atoms with van der Waals surface area (Å²) in [5, 5.41) is 27.6. The van der Waals surface area contributed by atoms with Crippen molar-refractivity contribution in [3.8, 4) is 0 Å². The average Bonchev–Trinajstić information content (AvgIpc) is 2.76. The summed E-state index contributed by atoms with van der Waals surface area (Å²) in [6, 6.07) is 0. The van der Waals surface area contributed by atoms with E-state index >= 15 is 0 Å². The van der Waals surface area contributed by atoms with Gasteiger partial charge in [0.15, 0.2) is 0 Å². The summed E-state index contributed by atoms with van der Waals surface area (Å²) in [6.07, 6.45) is -0.423. The second-order valence-electron chi connectivity index (χ2n) is 5.85. The third-order valence-corrected chi connectivity index (χ3v) is 4.80. The van der Waals surface area contributed by atoms with Gasteiger partial charge in [0.1, 0.15) is 11.7 Å². The Labute approximate surface area is 112 Å². The van der Waals surface area contributed by atoms with Crippen LogP contribution in [0.15, 0.2) is 0 Å². The number of aliphatic hydroxyl groups is 1. The van der Waals surface area contributed by atoms with E-state index in [-0.39, 0.29) is 12.3 Å². The topological polar surface area (TPSA) is 104 Å². The maximum Gasteiger partial charge on any atom is 0.323 e. The number of alkyl halides is 1. The van der Waals surface area contributed by atoms with Gasteiger partial charge in [0.2, 0.25) is 0 Å². The molecule has 0 aromatic heterocycles. The van der Waals surface area contributed by atoms with Crippen LogP contribution in [0, 0.1) is 17.8 Å². The molecule has 5 N–H and O–H groups in total. The molecular formula is C12H20BFNO4. The third-order valence-electron chi connectivity index (χ3n) is 4.80. The van der Waals surface area contributed by atoms with Gasteiger partial charge in [-0.1, -0.05) is 12.7 Å². The molecular weight excluding hydrogens is 252 g/mol. The summed E-state index contributed by atoms with van der Waals surface area (Å²) >= 11 is 0. The average molecular weight is 272 g/mol. The minimum Gasteiger partial charge on any atom is -0.480 e. The highest BCUT2D eigenvalue weighted by Gasteiger charge is 2.61. The molecule has 0 aromatic carbocycles. The summed E-state index contributed by atoms with van der Waals surface area (Å²) in [5.41, 5.74) is 4.60. The summed E-state index contributed by atoms with van der Waals surface area (Å²) in [7, 11) is 1.02. The van der Waals surface area contributed by atoms with E-state index in [1.165, 1.54) is 0 Å². The molecule has 0 aromatic rings. The fourth-order valence-corrected chi connectivity index (χ4v) is 3.94. The highest BCUT2D eigenvalue weighted by molar-refractivity contribution is 6.25. The molecule has 19 heavy (non-hydrogen) atoms. The number of carbonyl (C=O) groups is 1. The number of fused-ring (bicyclic) bond motifs is 1. The van der Waals surface area contributed by atoms with Crippen LogP contribution in [0.4, 0.5) is 4.39 Å². The number of hydrogen-bond donors (Lipinski definition) is 4. The SMILES string of the molecule is N[C@@]1(C(=O)O)C[C@H]2C[C@@H](O)[C@H](F)[C@H]2[C@@H]1CCC[B]O. The molecule has 0 aliphatic heterocycles. The van der Waals surface area contributed by atoms with Gasteiger partial charge in [-0.2, -0.15) is 0 Å². The quantitative estimate of drug-likeness (QED) is 0.414. The summed E-state index contributed by atoms with van der Waals surface area (Å²) in [4.78, 5) is 11.4. The monoisotopic (exact) mass is 272 g/mol. The molecule has 5 nitrogen and oxygen atoms in total. The Hall–Kier alpha value is -0.655. The first-order valence-corrected chi connectivity index (χ1v) is 6.72. The Kier molecular flexibility index (Phi) is 4.18. The zero-order valence-corrected chi connectivity index (χ0v) is 10.7. The molecule has 0 spiro atoms. The van der Waals surface area contributed by atoms with Crippen LogP contribution < -0.4 is 5.73 Å². The van der Waals surface area contributed by atoms with Gasteiger partial charge in [0.05, 0.1) is 6.10 Å². The van der Waals surface area contributed by atoms with Crippen LogP contribution in [0.2, 0.25) is 6.32 Å². The number of halogens is 1. The predicted molar refractivity (Wildman–Crippen MR) is 67.2 cm³/mol. The Balaban J connectivity index is 2.17. The smallest absolute Gasteiger partial charge is 0.323 e. The van der Waals surface area contributed by atoms with Crippen molar-refractivity contribution in [3.05, 3.63) is 0 Å². The Morgan fingerprint density at radius 1 is 1.53 bits per heavy atom. The second kappa shape index (κ2) is 5.38. The van der Waals surface area contributed by atoms with Gasteiger partial charge in [0.25, 0.3) is 7.48 Å². The Morgan fingerprint density at radius 3 is 2.79 bits per heavy atom. The van der Waals surface area contributed by atoms with Gasteiger partial charge in [-0.3, -0.25) is 4.79 Å². The van der Waals surface area contributed by atoms with E-state index in [2.05, 4.69) is 0 Å². The van der Waals surface area contributed by atoms with Gasteiger partial charge in [0, 0.05) is 5.92 Å². The molecule has 2 fully saturated rings. The number of nitrogens with two attached hydrogens (primary N) is 1. The molecule has 1 radical (unpaired) electrons. The zero-order valence-electron chi connectivity index (χ0n) is 10.7. The zero-order chi connectivity index (χ0) is 14.2. The molecule has 0 unspecified atom stereocenters. The number of carboxylic acids is 1. The second-order valence-corrected chi connectivity index (χ2v) is 5.85.